The molecule has 206 valence electrons. The number of hydrogen-bond donors (Lipinski definition) is 4. The average molecular weight is 554 g/mol. The lowest BCUT2D eigenvalue weighted by Gasteiger charge is -2.20. The van der Waals surface area contributed by atoms with E-state index in [1.165, 1.54) is 0 Å². The number of carbonyl (C=O) groups is 2. The van der Waals surface area contributed by atoms with Crippen LogP contribution in [0.1, 0.15) is 36.0 Å². The molecule has 10 nitrogen and oxygen atoms in total. The molecule has 3 aromatic rings. The number of rotatable bonds is 10. The van der Waals surface area contributed by atoms with E-state index in [-0.39, 0.29) is 24.6 Å². The largest absolute Gasteiger partial charge is 0.490 e. The van der Waals surface area contributed by atoms with E-state index in [9.17, 15) is 14.7 Å². The van der Waals surface area contributed by atoms with Crippen LogP contribution in [-0.2, 0) is 0 Å². The van der Waals surface area contributed by atoms with Crippen LogP contribution in [-0.4, -0.2) is 72.4 Å². The molecule has 2 fully saturated rings. The molecule has 1 aliphatic carbocycles. The summed E-state index contributed by atoms with van der Waals surface area (Å²) >= 11 is 6.40. The Balaban J connectivity index is 1.34. The predicted octanol–water partition coefficient (Wildman–Crippen LogP) is 4.16. The monoisotopic (exact) mass is 553 g/mol. The smallest absolute Gasteiger partial charge is 0.319 e. The molecule has 39 heavy (non-hydrogen) atoms. The maximum atomic E-state index is 12.7. The van der Waals surface area contributed by atoms with Crippen LogP contribution in [0.2, 0.25) is 5.02 Å². The minimum Gasteiger partial charge on any atom is -0.490 e. The Bertz CT molecular complexity index is 1360. The third-order valence-electron chi connectivity index (χ3n) is 6.70. The van der Waals surface area contributed by atoms with Gasteiger partial charge in [-0.2, -0.15) is 0 Å². The van der Waals surface area contributed by atoms with Crippen molar-refractivity contribution >= 4 is 40.1 Å². The number of pyridine rings is 1. The zero-order valence-corrected chi connectivity index (χ0v) is 22.5. The van der Waals surface area contributed by atoms with Gasteiger partial charge in [-0.05, 0) is 63.0 Å². The molecule has 5 rings (SSSR count). The molecule has 0 radical (unpaired) electrons. The van der Waals surface area contributed by atoms with E-state index in [1.54, 1.807) is 49.6 Å². The Morgan fingerprint density at radius 2 is 1.95 bits per heavy atom. The number of fused-ring (bicyclic) bond motifs is 1. The standard InChI is InChI=1S/C28H32ClN5O5/c1-30-27(36)21-13-20-24(14-26(21)38-16-18(35)15-34-10-2-3-11-34)31-9-8-25(20)39-19-6-7-23(22(29)12-19)33-28(37)32-17-4-5-17/h6-9,12-14,17-18,35H,2-5,10-11,15-16H2,1H3,(H,30,36)(H2,32,33,37)/t18-/m0/s1. The number of amides is 3. The molecule has 1 aromatic heterocycles. The van der Waals surface area contributed by atoms with Gasteiger partial charge in [0.05, 0.1) is 21.8 Å². The lowest BCUT2D eigenvalue weighted by Crippen LogP contribution is -2.34. The number of aliphatic hydroxyl groups excluding tert-OH is 1. The SMILES string of the molecule is CNC(=O)c1cc2c(Oc3ccc(NC(=O)NC4CC4)c(Cl)c3)ccnc2cc1OC[C@@H](O)CN1CCCC1. The molecule has 3 amide bonds. The molecule has 1 saturated carbocycles. The highest BCUT2D eigenvalue weighted by Gasteiger charge is 2.24. The molecule has 2 aliphatic rings. The number of aliphatic hydroxyl groups is 1. The number of urea groups is 1. The number of nitrogens with zero attached hydrogens (tertiary/aromatic N) is 2. The van der Waals surface area contributed by atoms with Crippen LogP contribution in [0, 0.1) is 0 Å². The zero-order valence-electron chi connectivity index (χ0n) is 21.7. The van der Waals surface area contributed by atoms with Gasteiger partial charge in [-0.3, -0.25) is 9.78 Å². The van der Waals surface area contributed by atoms with E-state index in [2.05, 4.69) is 25.8 Å². The molecule has 1 atom stereocenters. The van der Waals surface area contributed by atoms with E-state index in [4.69, 9.17) is 21.1 Å². The van der Waals surface area contributed by atoms with Gasteiger partial charge in [0.1, 0.15) is 30.0 Å². The van der Waals surface area contributed by atoms with E-state index >= 15 is 0 Å². The fourth-order valence-corrected chi connectivity index (χ4v) is 4.75. The molecule has 2 heterocycles. The van der Waals surface area contributed by atoms with Crippen molar-refractivity contribution in [3.8, 4) is 17.2 Å². The molecular weight excluding hydrogens is 522 g/mol. The molecule has 4 N–H and O–H groups in total. The molecule has 1 saturated heterocycles. The Morgan fingerprint density at radius 1 is 1.15 bits per heavy atom. The van der Waals surface area contributed by atoms with Crippen molar-refractivity contribution in [2.24, 2.45) is 0 Å². The number of carbonyl (C=O) groups excluding carboxylic acids is 2. The van der Waals surface area contributed by atoms with Crippen molar-refractivity contribution in [3.63, 3.8) is 0 Å². The summed E-state index contributed by atoms with van der Waals surface area (Å²) in [6, 6.07) is 9.95. The topological polar surface area (TPSA) is 125 Å². The Morgan fingerprint density at radius 3 is 2.67 bits per heavy atom. The number of β-amino-alcohol motifs (C(OH)–C–C–N with tert-alkyl or cyclic N) is 1. The van der Waals surface area contributed by atoms with Crippen LogP contribution in [0.4, 0.5) is 10.5 Å². The number of anilines is 1. The number of halogens is 1. The van der Waals surface area contributed by atoms with Crippen LogP contribution in [0.15, 0.2) is 42.6 Å². The van der Waals surface area contributed by atoms with E-state index in [0.29, 0.717) is 51.0 Å². The van der Waals surface area contributed by atoms with Crippen molar-refractivity contribution in [2.75, 3.05) is 38.6 Å². The first-order valence-corrected chi connectivity index (χ1v) is 13.5. The third kappa shape index (κ3) is 6.89. The van der Waals surface area contributed by atoms with Crippen LogP contribution in [0.25, 0.3) is 10.9 Å². The quantitative estimate of drug-likeness (QED) is 0.297. The number of benzene rings is 2. The van der Waals surface area contributed by atoms with Gasteiger partial charge >= 0.3 is 6.03 Å². The summed E-state index contributed by atoms with van der Waals surface area (Å²) in [5, 5.41) is 19.6. The van der Waals surface area contributed by atoms with E-state index in [1.807, 2.05) is 0 Å². The highest BCUT2D eigenvalue weighted by atomic mass is 35.5. The van der Waals surface area contributed by atoms with Crippen molar-refractivity contribution in [1.29, 1.82) is 0 Å². The molecule has 1 aliphatic heterocycles. The van der Waals surface area contributed by atoms with Gasteiger partial charge in [-0.15, -0.1) is 0 Å². The normalized spacial score (nSPS) is 16.1. The fourth-order valence-electron chi connectivity index (χ4n) is 4.53. The second kappa shape index (κ2) is 12.1. The predicted molar refractivity (Wildman–Crippen MR) is 149 cm³/mol. The summed E-state index contributed by atoms with van der Waals surface area (Å²) in [6.45, 7) is 2.54. The Labute approximate surface area is 231 Å². The minimum atomic E-state index is -0.680. The minimum absolute atomic E-state index is 0.0553. The summed E-state index contributed by atoms with van der Waals surface area (Å²) < 4.78 is 12.0. The van der Waals surface area contributed by atoms with Gasteiger partial charge in [0.25, 0.3) is 5.91 Å². The van der Waals surface area contributed by atoms with Crippen molar-refractivity contribution in [3.05, 3.63) is 53.2 Å². The highest BCUT2D eigenvalue weighted by Crippen LogP contribution is 2.35. The van der Waals surface area contributed by atoms with Crippen LogP contribution < -0.4 is 25.4 Å². The second-order valence-electron chi connectivity index (χ2n) is 9.84. The van der Waals surface area contributed by atoms with Gasteiger partial charge in [-0.1, -0.05) is 11.6 Å². The van der Waals surface area contributed by atoms with Gasteiger partial charge in [-0.25, -0.2) is 4.79 Å². The van der Waals surface area contributed by atoms with Gasteiger partial charge in [0.2, 0.25) is 0 Å². The Kier molecular flexibility index (Phi) is 8.35. The summed E-state index contributed by atoms with van der Waals surface area (Å²) in [4.78, 5) is 31.4. The molecule has 11 heteroatoms. The number of ether oxygens (including phenoxy) is 2. The number of likely N-dealkylation sites (tertiary alicyclic amines) is 1. The maximum Gasteiger partial charge on any atom is 0.319 e. The second-order valence-corrected chi connectivity index (χ2v) is 10.2. The van der Waals surface area contributed by atoms with Crippen LogP contribution >= 0.6 is 11.6 Å². The number of aromatic nitrogens is 1. The van der Waals surface area contributed by atoms with Crippen molar-refractivity contribution < 1.29 is 24.2 Å². The van der Waals surface area contributed by atoms with Crippen molar-refractivity contribution in [1.82, 2.24) is 20.5 Å². The lowest BCUT2D eigenvalue weighted by atomic mass is 10.1. The summed E-state index contributed by atoms with van der Waals surface area (Å²) in [5.41, 5.74) is 1.33. The van der Waals surface area contributed by atoms with Crippen LogP contribution in [0.5, 0.6) is 17.2 Å². The first-order valence-electron chi connectivity index (χ1n) is 13.1. The fraction of sp³-hybridized carbons (Fsp3) is 0.393. The van der Waals surface area contributed by atoms with Gasteiger partial charge in [0.15, 0.2) is 0 Å². The zero-order chi connectivity index (χ0) is 27.4. The highest BCUT2D eigenvalue weighted by molar-refractivity contribution is 6.33. The van der Waals surface area contributed by atoms with Crippen molar-refractivity contribution in [2.45, 2.75) is 37.8 Å². The molecule has 0 unspecified atom stereocenters. The summed E-state index contributed by atoms with van der Waals surface area (Å²) in [5.74, 6) is 0.912. The summed E-state index contributed by atoms with van der Waals surface area (Å²) in [7, 11) is 1.54. The third-order valence-corrected chi connectivity index (χ3v) is 7.02. The lowest BCUT2D eigenvalue weighted by molar-refractivity contribution is 0.0746. The number of nitrogens with one attached hydrogen (secondary N) is 3. The van der Waals surface area contributed by atoms with Crippen LogP contribution in [0.3, 0.4) is 0 Å². The molecule has 2 aromatic carbocycles. The molecule has 0 bridgehead atoms. The first-order chi connectivity index (χ1) is 18.9. The summed E-state index contributed by atoms with van der Waals surface area (Å²) in [6.07, 6.45) is 5.18. The first kappa shape index (κ1) is 27.0. The van der Waals surface area contributed by atoms with Gasteiger partial charge < -0.3 is 35.4 Å². The number of hydrogen-bond acceptors (Lipinski definition) is 7. The van der Waals surface area contributed by atoms with E-state index < -0.39 is 6.10 Å². The van der Waals surface area contributed by atoms with Gasteiger partial charge in [0, 0.05) is 43.4 Å². The molecular formula is C28H32ClN5O5. The van der Waals surface area contributed by atoms with E-state index in [0.717, 1.165) is 38.8 Å². The maximum absolute atomic E-state index is 12.7. The molecule has 0 spiro atoms. The average Bonchev–Trinajstić information content (AvgIpc) is 3.59. The Hall–Kier alpha value is -3.60.